The number of benzene rings is 2. The quantitative estimate of drug-likeness (QED) is 0.829. The van der Waals surface area contributed by atoms with Crippen molar-refractivity contribution in [2.45, 2.75) is 35.8 Å². The third-order valence-electron chi connectivity index (χ3n) is 4.39. The second-order valence-electron chi connectivity index (χ2n) is 6.12. The van der Waals surface area contributed by atoms with E-state index in [0.29, 0.717) is 12.5 Å². The monoisotopic (exact) mass is 354 g/mol. The van der Waals surface area contributed by atoms with Crippen LogP contribution in [0.5, 0.6) is 0 Å². The zero-order chi connectivity index (χ0) is 17.6. The van der Waals surface area contributed by atoms with Crippen LogP contribution in [0, 0.1) is 0 Å². The Bertz CT molecular complexity index is 748. The van der Waals surface area contributed by atoms with E-state index in [-0.39, 0.29) is 23.5 Å². The van der Waals surface area contributed by atoms with Crippen LogP contribution in [0.1, 0.15) is 31.2 Å². The minimum atomic E-state index is -0.383. The van der Waals surface area contributed by atoms with Crippen molar-refractivity contribution in [2.24, 2.45) is 0 Å². The minimum absolute atomic E-state index is 0.0820. The first-order chi connectivity index (χ1) is 12.2. The third-order valence-corrected chi connectivity index (χ3v) is 5.66. The lowest BCUT2D eigenvalue weighted by molar-refractivity contribution is -0.124. The summed E-state index contributed by atoms with van der Waals surface area (Å²) in [5, 5.41) is 5.49. The number of para-hydroxylation sites is 1. The average Bonchev–Trinajstić information content (AvgIpc) is 2.64. The third kappa shape index (κ3) is 4.42. The van der Waals surface area contributed by atoms with Gasteiger partial charge in [0.05, 0.1) is 10.9 Å². The number of rotatable bonds is 6. The Hall–Kier alpha value is -2.27. The van der Waals surface area contributed by atoms with Gasteiger partial charge in [0.25, 0.3) is 0 Å². The van der Waals surface area contributed by atoms with Crippen LogP contribution in [0.15, 0.2) is 59.5 Å². The molecule has 1 aliphatic rings. The van der Waals surface area contributed by atoms with E-state index in [0.717, 1.165) is 17.0 Å². The number of amides is 2. The predicted octanol–water partition coefficient (Wildman–Crippen LogP) is 3.80. The van der Waals surface area contributed by atoms with Crippen LogP contribution in [0.3, 0.4) is 0 Å². The molecule has 5 heteroatoms. The van der Waals surface area contributed by atoms with Crippen LogP contribution in [0.25, 0.3) is 0 Å². The van der Waals surface area contributed by atoms with Gasteiger partial charge in [0.15, 0.2) is 0 Å². The first-order valence-corrected chi connectivity index (χ1v) is 9.43. The summed E-state index contributed by atoms with van der Waals surface area (Å²) in [6, 6.07) is 17.9. The average molecular weight is 354 g/mol. The molecule has 25 heavy (non-hydrogen) atoms. The molecule has 3 rings (SSSR count). The topological polar surface area (TPSA) is 58.2 Å². The zero-order valence-corrected chi connectivity index (χ0v) is 15.0. The van der Waals surface area contributed by atoms with E-state index in [9.17, 15) is 9.59 Å². The molecular formula is C20H22N2O2S. The number of carbonyl (C=O) groups is 2. The molecule has 0 saturated heterocycles. The summed E-state index contributed by atoms with van der Waals surface area (Å²) in [7, 11) is 0. The van der Waals surface area contributed by atoms with Gasteiger partial charge >= 0.3 is 0 Å². The van der Waals surface area contributed by atoms with Crippen LogP contribution in [-0.2, 0) is 9.59 Å². The smallest absolute Gasteiger partial charge is 0.238 e. The highest BCUT2D eigenvalue weighted by molar-refractivity contribution is 8.01. The van der Waals surface area contributed by atoms with Crippen LogP contribution >= 0.6 is 11.8 Å². The van der Waals surface area contributed by atoms with Gasteiger partial charge in [-0.25, -0.2) is 0 Å². The van der Waals surface area contributed by atoms with E-state index in [2.05, 4.69) is 29.7 Å². The molecule has 2 amide bonds. The Balaban J connectivity index is 1.55. The molecule has 1 heterocycles. The molecule has 0 aromatic heterocycles. The summed E-state index contributed by atoms with van der Waals surface area (Å²) in [5.41, 5.74) is 2.05. The summed E-state index contributed by atoms with van der Waals surface area (Å²) in [4.78, 5) is 25.5. The number of thioether (sulfide) groups is 1. The van der Waals surface area contributed by atoms with E-state index < -0.39 is 0 Å². The molecule has 130 valence electrons. The van der Waals surface area contributed by atoms with Gasteiger partial charge in [-0.2, -0.15) is 0 Å². The lowest BCUT2D eigenvalue weighted by atomic mass is 9.96. The van der Waals surface area contributed by atoms with Crippen molar-refractivity contribution in [3.8, 4) is 0 Å². The molecule has 1 aliphatic heterocycles. The molecule has 0 bridgehead atoms. The summed E-state index contributed by atoms with van der Waals surface area (Å²) >= 11 is 1.46. The number of fused-ring (bicyclic) bond motifs is 1. The van der Waals surface area contributed by atoms with E-state index in [1.165, 1.54) is 17.3 Å². The molecule has 2 atom stereocenters. The fourth-order valence-corrected chi connectivity index (χ4v) is 4.04. The maximum Gasteiger partial charge on any atom is 0.238 e. The van der Waals surface area contributed by atoms with Crippen molar-refractivity contribution in [1.29, 1.82) is 0 Å². The summed E-state index contributed by atoms with van der Waals surface area (Å²) in [6.07, 6.45) is 1.15. The van der Waals surface area contributed by atoms with Crippen molar-refractivity contribution in [3.05, 3.63) is 60.2 Å². The van der Waals surface area contributed by atoms with Gasteiger partial charge in [0.2, 0.25) is 11.8 Å². The Morgan fingerprint density at radius 1 is 1.16 bits per heavy atom. The highest BCUT2D eigenvalue weighted by Gasteiger charge is 2.28. The fourth-order valence-electron chi connectivity index (χ4n) is 2.93. The lowest BCUT2D eigenvalue weighted by Gasteiger charge is -2.24. The molecular weight excluding hydrogens is 332 g/mol. The van der Waals surface area contributed by atoms with Gasteiger partial charge in [0.1, 0.15) is 0 Å². The number of hydrogen-bond acceptors (Lipinski definition) is 3. The van der Waals surface area contributed by atoms with E-state index in [4.69, 9.17) is 0 Å². The molecule has 2 N–H and O–H groups in total. The second kappa shape index (κ2) is 8.21. The molecule has 4 nitrogen and oxygen atoms in total. The van der Waals surface area contributed by atoms with Crippen molar-refractivity contribution in [1.82, 2.24) is 5.32 Å². The molecule has 2 aromatic rings. The van der Waals surface area contributed by atoms with Gasteiger partial charge in [0, 0.05) is 23.8 Å². The number of nitrogens with one attached hydrogen (secondary N) is 2. The van der Waals surface area contributed by atoms with Crippen molar-refractivity contribution < 1.29 is 9.59 Å². The SMILES string of the molecule is CC[C@H](CNC(=O)C[C@H]1Sc2ccccc2NC1=O)c1ccccc1. The molecule has 0 saturated carbocycles. The number of hydrogen-bond donors (Lipinski definition) is 2. The van der Waals surface area contributed by atoms with Gasteiger partial charge in [-0.1, -0.05) is 49.4 Å². The van der Waals surface area contributed by atoms with E-state index in [1.807, 2.05) is 42.5 Å². The molecule has 0 fully saturated rings. The first-order valence-electron chi connectivity index (χ1n) is 8.55. The molecule has 2 aromatic carbocycles. The Morgan fingerprint density at radius 3 is 2.64 bits per heavy atom. The molecule has 0 spiro atoms. The first kappa shape index (κ1) is 17.5. The fraction of sp³-hybridized carbons (Fsp3) is 0.300. The number of carbonyl (C=O) groups excluding carboxylic acids is 2. The summed E-state index contributed by atoms with van der Waals surface area (Å²) in [5.74, 6) is 0.106. The Morgan fingerprint density at radius 2 is 1.88 bits per heavy atom. The van der Waals surface area contributed by atoms with Crippen molar-refractivity contribution in [3.63, 3.8) is 0 Å². The van der Waals surface area contributed by atoms with E-state index >= 15 is 0 Å². The maximum absolute atomic E-state index is 12.3. The largest absolute Gasteiger partial charge is 0.355 e. The van der Waals surface area contributed by atoms with Crippen LogP contribution < -0.4 is 10.6 Å². The van der Waals surface area contributed by atoms with Crippen molar-refractivity contribution >= 4 is 29.3 Å². The van der Waals surface area contributed by atoms with Gasteiger partial charge < -0.3 is 10.6 Å². The predicted molar refractivity (Wildman–Crippen MR) is 102 cm³/mol. The van der Waals surface area contributed by atoms with Crippen LogP contribution in [0.2, 0.25) is 0 Å². The normalized spacial score (nSPS) is 17.3. The lowest BCUT2D eigenvalue weighted by Crippen LogP contribution is -2.36. The summed E-state index contributed by atoms with van der Waals surface area (Å²) < 4.78 is 0. The van der Waals surface area contributed by atoms with Gasteiger partial charge in [-0.05, 0) is 24.1 Å². The highest BCUT2D eigenvalue weighted by Crippen LogP contribution is 2.36. The molecule has 0 radical (unpaired) electrons. The van der Waals surface area contributed by atoms with Gasteiger partial charge in [-0.15, -0.1) is 11.8 Å². The van der Waals surface area contributed by atoms with Crippen LogP contribution in [-0.4, -0.2) is 23.6 Å². The van der Waals surface area contributed by atoms with Gasteiger partial charge in [-0.3, -0.25) is 9.59 Å². The van der Waals surface area contributed by atoms with Crippen molar-refractivity contribution in [2.75, 3.05) is 11.9 Å². The zero-order valence-electron chi connectivity index (χ0n) is 14.2. The number of anilines is 1. The maximum atomic E-state index is 12.3. The van der Waals surface area contributed by atoms with E-state index in [1.54, 1.807) is 0 Å². The highest BCUT2D eigenvalue weighted by atomic mass is 32.2. The second-order valence-corrected chi connectivity index (χ2v) is 7.36. The minimum Gasteiger partial charge on any atom is -0.355 e. The standard InChI is InChI=1S/C20H22N2O2S/c1-2-14(15-8-4-3-5-9-15)13-21-19(23)12-18-20(24)22-16-10-6-7-11-17(16)25-18/h3-11,14,18H,2,12-13H2,1H3,(H,21,23)(H,22,24)/t14-,18-/m1/s1. The van der Waals surface area contributed by atoms with Crippen LogP contribution in [0.4, 0.5) is 5.69 Å². The molecule has 0 unspecified atom stereocenters. The molecule has 0 aliphatic carbocycles. The Kier molecular flexibility index (Phi) is 5.76. The Labute approximate surface area is 152 Å². The summed E-state index contributed by atoms with van der Waals surface area (Å²) in [6.45, 7) is 2.71.